The van der Waals surface area contributed by atoms with Crippen LogP contribution in [-0.4, -0.2) is 52.8 Å². The quantitative estimate of drug-likeness (QED) is 0.272. The highest BCUT2D eigenvalue weighted by Gasteiger charge is 2.34. The van der Waals surface area contributed by atoms with Gasteiger partial charge in [0.05, 0.1) is 12.0 Å². The van der Waals surface area contributed by atoms with Gasteiger partial charge in [0.25, 0.3) is 0 Å². The number of nitrogens with one attached hydrogen (secondary N) is 4. The van der Waals surface area contributed by atoms with Gasteiger partial charge < -0.3 is 30.8 Å². The monoisotopic (exact) mass is 556 g/mol. The van der Waals surface area contributed by atoms with Gasteiger partial charge >= 0.3 is 17.8 Å². The number of aliphatic carboxylic acids is 1. The van der Waals surface area contributed by atoms with Crippen molar-refractivity contribution in [3.8, 4) is 0 Å². The third kappa shape index (κ3) is 8.55. The van der Waals surface area contributed by atoms with Crippen molar-refractivity contribution in [2.75, 3.05) is 5.32 Å². The molecule has 39 heavy (non-hydrogen) atoms. The standard InChI is InChI=1S/C24H27F3N4O8/c1-10(2)20(29-12(4)32)23(38)28-11(3)21(36)31-16(9-18(33)34)22(37)30-13-5-6-14-15(24(25,26)27)8-19(35)39-17(14)7-13/h5-8,10-11,16,20H,9H2,1-4H3,(H,28,38)(H,29,32)(H,30,37)(H,31,36)(H,33,34). The molecule has 0 aliphatic rings. The molecule has 1 heterocycles. The number of fused-ring (bicyclic) bond motifs is 1. The molecule has 0 radical (unpaired) electrons. The van der Waals surface area contributed by atoms with Crippen molar-refractivity contribution in [1.82, 2.24) is 16.0 Å². The highest BCUT2D eigenvalue weighted by atomic mass is 19.4. The van der Waals surface area contributed by atoms with Crippen LogP contribution in [0, 0.1) is 5.92 Å². The van der Waals surface area contributed by atoms with Crippen molar-refractivity contribution in [3.05, 3.63) is 40.2 Å². The van der Waals surface area contributed by atoms with E-state index in [1.807, 2.05) is 0 Å². The molecule has 0 fully saturated rings. The molecule has 3 atom stereocenters. The number of carboxylic acids is 1. The highest BCUT2D eigenvalue weighted by molar-refractivity contribution is 6.01. The third-order valence-corrected chi connectivity index (χ3v) is 5.39. The summed E-state index contributed by atoms with van der Waals surface area (Å²) in [6, 6.07) is -0.589. The fourth-order valence-electron chi connectivity index (χ4n) is 3.51. The van der Waals surface area contributed by atoms with Gasteiger partial charge in [-0.25, -0.2) is 4.79 Å². The van der Waals surface area contributed by atoms with Crippen LogP contribution in [-0.2, 0) is 30.1 Å². The molecule has 0 saturated carbocycles. The summed E-state index contributed by atoms with van der Waals surface area (Å²) >= 11 is 0. The van der Waals surface area contributed by atoms with Crippen molar-refractivity contribution in [2.24, 2.45) is 5.92 Å². The fraction of sp³-hybridized carbons (Fsp3) is 0.417. The van der Waals surface area contributed by atoms with Gasteiger partial charge in [-0.05, 0) is 25.0 Å². The number of carboxylic acid groups (broad SMARTS) is 1. The smallest absolute Gasteiger partial charge is 0.417 e. The maximum Gasteiger partial charge on any atom is 0.417 e. The molecular formula is C24H27F3N4O8. The maximum absolute atomic E-state index is 13.2. The van der Waals surface area contributed by atoms with Gasteiger partial charge in [-0.3, -0.25) is 24.0 Å². The zero-order valence-corrected chi connectivity index (χ0v) is 21.3. The van der Waals surface area contributed by atoms with Gasteiger partial charge in [0, 0.05) is 30.1 Å². The molecule has 12 nitrogen and oxygen atoms in total. The van der Waals surface area contributed by atoms with Crippen molar-refractivity contribution in [3.63, 3.8) is 0 Å². The molecule has 1 aromatic carbocycles. The maximum atomic E-state index is 13.2. The largest absolute Gasteiger partial charge is 0.481 e. The van der Waals surface area contributed by atoms with Gasteiger partial charge in [-0.15, -0.1) is 0 Å². The van der Waals surface area contributed by atoms with Crippen LogP contribution < -0.4 is 26.9 Å². The minimum atomic E-state index is -4.85. The summed E-state index contributed by atoms with van der Waals surface area (Å²) in [5.41, 5.74) is -3.14. The van der Waals surface area contributed by atoms with Gasteiger partial charge in [0.1, 0.15) is 23.7 Å². The van der Waals surface area contributed by atoms with Crippen LogP contribution >= 0.6 is 0 Å². The Morgan fingerprint density at radius 1 is 0.949 bits per heavy atom. The predicted molar refractivity (Wildman–Crippen MR) is 130 cm³/mol. The Labute approximate surface area is 219 Å². The van der Waals surface area contributed by atoms with Crippen LogP contribution in [0.5, 0.6) is 0 Å². The van der Waals surface area contributed by atoms with E-state index in [2.05, 4.69) is 21.3 Å². The van der Waals surface area contributed by atoms with Crippen LogP contribution in [0.15, 0.2) is 33.5 Å². The Bertz CT molecular complexity index is 1340. The van der Waals surface area contributed by atoms with Crippen LogP contribution in [0.4, 0.5) is 18.9 Å². The highest BCUT2D eigenvalue weighted by Crippen LogP contribution is 2.34. The Kier molecular flexibility index (Phi) is 9.80. The SMILES string of the molecule is CC(=O)NC(C(=O)NC(C)C(=O)NC(CC(=O)O)C(=O)Nc1ccc2c(C(F)(F)F)cc(=O)oc2c1)C(C)C. The summed E-state index contributed by atoms with van der Waals surface area (Å²) in [7, 11) is 0. The molecule has 15 heteroatoms. The second-order valence-electron chi connectivity index (χ2n) is 8.99. The number of hydrogen-bond donors (Lipinski definition) is 5. The lowest BCUT2D eigenvalue weighted by Crippen LogP contribution is -2.56. The number of halogens is 3. The van der Waals surface area contributed by atoms with Gasteiger partial charge in [0.15, 0.2) is 0 Å². The van der Waals surface area contributed by atoms with E-state index in [-0.39, 0.29) is 11.6 Å². The second kappa shape index (κ2) is 12.4. The summed E-state index contributed by atoms with van der Waals surface area (Å²) in [5, 5.41) is 18.0. The number of carbonyl (C=O) groups excluding carboxylic acids is 4. The Hall–Kier alpha value is -4.43. The van der Waals surface area contributed by atoms with Gasteiger partial charge in [-0.1, -0.05) is 13.8 Å². The Balaban J connectivity index is 2.20. The summed E-state index contributed by atoms with van der Waals surface area (Å²) in [6.07, 6.45) is -5.72. The number of carbonyl (C=O) groups is 5. The molecule has 2 aromatic rings. The van der Waals surface area contributed by atoms with E-state index in [0.29, 0.717) is 6.07 Å². The van der Waals surface area contributed by atoms with E-state index in [0.717, 1.165) is 18.2 Å². The first-order chi connectivity index (χ1) is 18.0. The molecule has 212 valence electrons. The average molecular weight is 556 g/mol. The molecular weight excluding hydrogens is 529 g/mol. The molecule has 1 aromatic heterocycles. The molecule has 5 N–H and O–H groups in total. The third-order valence-electron chi connectivity index (χ3n) is 5.39. The van der Waals surface area contributed by atoms with E-state index in [1.54, 1.807) is 13.8 Å². The zero-order chi connectivity index (χ0) is 29.7. The minimum absolute atomic E-state index is 0.143. The molecule has 0 saturated heterocycles. The molecule has 0 aliphatic heterocycles. The molecule has 4 amide bonds. The van der Waals surface area contributed by atoms with Crippen molar-refractivity contribution < 1.29 is 46.7 Å². The molecule has 0 spiro atoms. The normalized spacial score (nSPS) is 13.7. The molecule has 0 bridgehead atoms. The van der Waals surface area contributed by atoms with E-state index >= 15 is 0 Å². The van der Waals surface area contributed by atoms with E-state index in [1.165, 1.54) is 13.8 Å². The Morgan fingerprint density at radius 3 is 2.13 bits per heavy atom. The molecule has 3 unspecified atom stereocenters. The number of amides is 4. The fourth-order valence-corrected chi connectivity index (χ4v) is 3.51. The lowest BCUT2D eigenvalue weighted by Gasteiger charge is -2.24. The van der Waals surface area contributed by atoms with E-state index < -0.39 is 82.5 Å². The number of hydrogen-bond acceptors (Lipinski definition) is 7. The van der Waals surface area contributed by atoms with Crippen molar-refractivity contribution in [1.29, 1.82) is 0 Å². The summed E-state index contributed by atoms with van der Waals surface area (Å²) < 4.78 is 44.6. The van der Waals surface area contributed by atoms with Crippen LogP contribution in [0.2, 0.25) is 0 Å². The summed E-state index contributed by atoms with van der Waals surface area (Å²) in [6.45, 7) is 5.82. The van der Waals surface area contributed by atoms with Gasteiger partial charge in [0.2, 0.25) is 23.6 Å². The number of rotatable bonds is 10. The number of alkyl halides is 3. The van der Waals surface area contributed by atoms with Crippen LogP contribution in [0.25, 0.3) is 11.0 Å². The minimum Gasteiger partial charge on any atom is -0.481 e. The summed E-state index contributed by atoms with van der Waals surface area (Å²) in [5.74, 6) is -4.91. The zero-order valence-electron chi connectivity index (χ0n) is 21.3. The second-order valence-corrected chi connectivity index (χ2v) is 8.99. The van der Waals surface area contributed by atoms with Crippen molar-refractivity contribution >= 4 is 46.3 Å². The van der Waals surface area contributed by atoms with Crippen molar-refractivity contribution in [2.45, 2.75) is 58.4 Å². The van der Waals surface area contributed by atoms with E-state index in [9.17, 15) is 47.0 Å². The number of benzene rings is 1. The first-order valence-corrected chi connectivity index (χ1v) is 11.5. The van der Waals surface area contributed by atoms with E-state index in [4.69, 9.17) is 4.42 Å². The summed E-state index contributed by atoms with van der Waals surface area (Å²) in [4.78, 5) is 72.2. The first-order valence-electron chi connectivity index (χ1n) is 11.5. The van der Waals surface area contributed by atoms with Crippen LogP contribution in [0.3, 0.4) is 0 Å². The first kappa shape index (κ1) is 30.8. The Morgan fingerprint density at radius 2 is 1.59 bits per heavy atom. The molecule has 0 aliphatic carbocycles. The van der Waals surface area contributed by atoms with Gasteiger partial charge in [-0.2, -0.15) is 13.2 Å². The predicted octanol–water partition coefficient (Wildman–Crippen LogP) is 1.38. The lowest BCUT2D eigenvalue weighted by molar-refractivity contribution is -0.140. The van der Waals surface area contributed by atoms with Crippen LogP contribution in [0.1, 0.15) is 39.7 Å². The lowest BCUT2D eigenvalue weighted by atomic mass is 10.0. The number of anilines is 1. The topological polar surface area (TPSA) is 184 Å². The average Bonchev–Trinajstić information content (AvgIpc) is 2.79. The molecule has 2 rings (SSSR count).